The van der Waals surface area contributed by atoms with Crippen LogP contribution in [0.25, 0.3) is 10.2 Å². The Hall–Kier alpha value is -2.71. The number of aromatic nitrogens is 2. The number of nitrogens with zero attached hydrogens (tertiary/aromatic N) is 3. The molecule has 34 heavy (non-hydrogen) atoms. The van der Waals surface area contributed by atoms with Crippen LogP contribution in [0, 0.1) is 6.92 Å². The lowest BCUT2D eigenvalue weighted by Gasteiger charge is -2.28. The molecule has 0 radical (unpaired) electrons. The molecule has 0 aliphatic carbocycles. The molecule has 2 aromatic heterocycles. The number of nitrogens with one attached hydrogen (secondary N) is 1. The van der Waals surface area contributed by atoms with Crippen LogP contribution in [0.1, 0.15) is 64.8 Å². The lowest BCUT2D eigenvalue weighted by Crippen LogP contribution is -2.36. The number of likely N-dealkylation sites (tertiary alicyclic amines) is 1. The summed E-state index contributed by atoms with van der Waals surface area (Å²) < 4.78 is 7.25. The smallest absolute Gasteiger partial charge is 0.262 e. The summed E-state index contributed by atoms with van der Waals surface area (Å²) in [4.78, 5) is 35.1. The first-order valence-electron chi connectivity index (χ1n) is 12.3. The highest BCUT2D eigenvalue weighted by molar-refractivity contribution is 7.20. The van der Waals surface area contributed by atoms with E-state index in [0.29, 0.717) is 28.2 Å². The monoisotopic (exact) mass is 480 g/mol. The van der Waals surface area contributed by atoms with Gasteiger partial charge in [-0.1, -0.05) is 18.6 Å². The molecule has 2 aliphatic rings. The Morgan fingerprint density at radius 1 is 1.18 bits per heavy atom. The molecule has 1 saturated heterocycles. The predicted octanol–water partition coefficient (Wildman–Crippen LogP) is 4.07. The van der Waals surface area contributed by atoms with E-state index in [1.807, 2.05) is 23.6 Å². The van der Waals surface area contributed by atoms with E-state index in [1.165, 1.54) is 24.2 Å². The Kier molecular flexibility index (Phi) is 6.70. The zero-order valence-electron chi connectivity index (χ0n) is 19.9. The standard InChI is InChI=1S/C26H32N4O3S/c1-17-22-25(28-21-11-4-3-5-14-30(21)26(22)32)34-23(17)24(31)27-16-20(29-12-6-7-13-29)18-9-8-10-19(15-18)33-2/h8-10,15,20H,3-7,11-14,16H2,1-2H3,(H,27,31). The number of fused-ring (bicyclic) bond motifs is 2. The first-order valence-corrected chi connectivity index (χ1v) is 13.1. The fourth-order valence-corrected chi connectivity index (χ4v) is 6.36. The maximum absolute atomic E-state index is 13.3. The molecule has 0 bridgehead atoms. The number of hydrogen-bond acceptors (Lipinski definition) is 6. The van der Waals surface area contributed by atoms with E-state index in [1.54, 1.807) is 7.11 Å². The van der Waals surface area contributed by atoms with Gasteiger partial charge in [0.25, 0.3) is 11.5 Å². The molecule has 5 rings (SSSR count). The third-order valence-corrected chi connectivity index (χ3v) is 8.32. The molecule has 1 fully saturated rings. The van der Waals surface area contributed by atoms with Crippen LogP contribution in [0.5, 0.6) is 5.75 Å². The molecule has 2 aliphatic heterocycles. The minimum absolute atomic E-state index is 0.000948. The van der Waals surface area contributed by atoms with Crippen molar-refractivity contribution in [2.45, 2.75) is 58.0 Å². The van der Waals surface area contributed by atoms with E-state index in [-0.39, 0.29) is 17.5 Å². The van der Waals surface area contributed by atoms with Gasteiger partial charge in [0.2, 0.25) is 0 Å². The number of carbonyl (C=O) groups is 1. The van der Waals surface area contributed by atoms with Crippen LogP contribution in [-0.4, -0.2) is 47.1 Å². The number of methoxy groups -OCH3 is 1. The van der Waals surface area contributed by atoms with Crippen molar-refractivity contribution in [2.24, 2.45) is 0 Å². The minimum Gasteiger partial charge on any atom is -0.497 e. The molecule has 0 spiro atoms. The molecule has 1 atom stereocenters. The fraction of sp³-hybridized carbons (Fsp3) is 0.500. The number of rotatable bonds is 6. The number of hydrogen-bond donors (Lipinski definition) is 1. The lowest BCUT2D eigenvalue weighted by atomic mass is 10.0. The predicted molar refractivity (Wildman–Crippen MR) is 135 cm³/mol. The Bertz CT molecular complexity index is 1260. The molecule has 7 nitrogen and oxygen atoms in total. The quantitative estimate of drug-likeness (QED) is 0.576. The second-order valence-corrected chi connectivity index (χ2v) is 10.3. The second-order valence-electron chi connectivity index (χ2n) is 9.28. The molecule has 180 valence electrons. The topological polar surface area (TPSA) is 76.5 Å². The van der Waals surface area contributed by atoms with Gasteiger partial charge in [-0.2, -0.15) is 0 Å². The maximum Gasteiger partial charge on any atom is 0.262 e. The SMILES string of the molecule is COc1cccc(C(CNC(=O)c2sc3nc4n(c(=O)c3c2C)CCCCC4)N2CCCC2)c1. The number of aryl methyl sites for hydroxylation is 2. The summed E-state index contributed by atoms with van der Waals surface area (Å²) in [6.45, 7) is 5.13. The summed E-state index contributed by atoms with van der Waals surface area (Å²) in [5, 5.41) is 3.77. The minimum atomic E-state index is -0.132. The Morgan fingerprint density at radius 3 is 2.76 bits per heavy atom. The maximum atomic E-state index is 13.3. The summed E-state index contributed by atoms with van der Waals surface area (Å²) in [5.41, 5.74) is 1.88. The van der Waals surface area contributed by atoms with Gasteiger partial charge >= 0.3 is 0 Å². The molecule has 4 heterocycles. The fourth-order valence-electron chi connectivity index (χ4n) is 5.26. The third-order valence-electron chi connectivity index (χ3n) is 7.13. The zero-order valence-corrected chi connectivity index (χ0v) is 20.7. The zero-order chi connectivity index (χ0) is 23.7. The molecule has 1 aromatic carbocycles. The number of benzene rings is 1. The van der Waals surface area contributed by atoms with E-state index >= 15 is 0 Å². The van der Waals surface area contributed by atoms with Crippen molar-refractivity contribution in [3.63, 3.8) is 0 Å². The molecule has 1 N–H and O–H groups in total. The van der Waals surface area contributed by atoms with Crippen molar-refractivity contribution in [3.05, 3.63) is 56.4 Å². The highest BCUT2D eigenvalue weighted by Crippen LogP contribution is 2.30. The van der Waals surface area contributed by atoms with Crippen LogP contribution in [0.3, 0.4) is 0 Å². The van der Waals surface area contributed by atoms with Crippen molar-refractivity contribution in [2.75, 3.05) is 26.7 Å². The van der Waals surface area contributed by atoms with E-state index in [4.69, 9.17) is 9.72 Å². The Morgan fingerprint density at radius 2 is 1.97 bits per heavy atom. The van der Waals surface area contributed by atoms with Gasteiger partial charge in [0, 0.05) is 19.5 Å². The van der Waals surface area contributed by atoms with E-state index in [0.717, 1.165) is 61.5 Å². The second kappa shape index (κ2) is 9.88. The molecule has 1 amide bonds. The third kappa shape index (κ3) is 4.36. The van der Waals surface area contributed by atoms with Gasteiger partial charge in [0.1, 0.15) is 16.4 Å². The van der Waals surface area contributed by atoms with Crippen LogP contribution in [0.15, 0.2) is 29.1 Å². The summed E-state index contributed by atoms with van der Waals surface area (Å²) >= 11 is 1.34. The average molecular weight is 481 g/mol. The van der Waals surface area contributed by atoms with Gasteiger partial charge in [-0.15, -0.1) is 11.3 Å². The van der Waals surface area contributed by atoms with Gasteiger partial charge < -0.3 is 10.1 Å². The molecule has 3 aromatic rings. The highest BCUT2D eigenvalue weighted by atomic mass is 32.1. The van der Waals surface area contributed by atoms with Gasteiger partial charge in [-0.25, -0.2) is 4.98 Å². The normalized spacial score (nSPS) is 17.4. The van der Waals surface area contributed by atoms with E-state index in [2.05, 4.69) is 22.3 Å². The van der Waals surface area contributed by atoms with Crippen molar-refractivity contribution in [3.8, 4) is 5.75 Å². The Labute approximate surface area is 203 Å². The van der Waals surface area contributed by atoms with Crippen LogP contribution in [-0.2, 0) is 13.0 Å². The van der Waals surface area contributed by atoms with E-state index < -0.39 is 0 Å². The van der Waals surface area contributed by atoms with Crippen molar-refractivity contribution in [1.29, 1.82) is 0 Å². The van der Waals surface area contributed by atoms with Gasteiger partial charge in [0.05, 0.1) is 23.4 Å². The summed E-state index contributed by atoms with van der Waals surface area (Å²) in [6.07, 6.45) is 6.33. The van der Waals surface area contributed by atoms with Crippen LogP contribution in [0.4, 0.5) is 0 Å². The number of ether oxygens (including phenoxy) is 1. The van der Waals surface area contributed by atoms with Crippen LogP contribution >= 0.6 is 11.3 Å². The summed E-state index contributed by atoms with van der Waals surface area (Å²) in [6, 6.07) is 8.17. The molecule has 8 heteroatoms. The molecular formula is C26H32N4O3S. The number of thiophene rings is 1. The first-order chi connectivity index (χ1) is 16.6. The summed E-state index contributed by atoms with van der Waals surface area (Å²) in [7, 11) is 1.67. The number of amides is 1. The van der Waals surface area contributed by atoms with Gasteiger partial charge in [-0.05, 0) is 69.0 Å². The first kappa shape index (κ1) is 23.1. The Balaban J connectivity index is 1.41. The van der Waals surface area contributed by atoms with Gasteiger partial charge in [0.15, 0.2) is 0 Å². The van der Waals surface area contributed by atoms with E-state index in [9.17, 15) is 9.59 Å². The molecular weight excluding hydrogens is 448 g/mol. The van der Waals surface area contributed by atoms with Crippen molar-refractivity contribution in [1.82, 2.24) is 19.8 Å². The van der Waals surface area contributed by atoms with Crippen LogP contribution < -0.4 is 15.6 Å². The largest absolute Gasteiger partial charge is 0.497 e. The average Bonchev–Trinajstić information content (AvgIpc) is 3.41. The molecule has 0 saturated carbocycles. The lowest BCUT2D eigenvalue weighted by molar-refractivity contribution is 0.0941. The van der Waals surface area contributed by atoms with Crippen molar-refractivity contribution < 1.29 is 9.53 Å². The van der Waals surface area contributed by atoms with Crippen molar-refractivity contribution >= 4 is 27.5 Å². The highest BCUT2D eigenvalue weighted by Gasteiger charge is 2.26. The van der Waals surface area contributed by atoms with Crippen LogP contribution in [0.2, 0.25) is 0 Å². The summed E-state index contributed by atoms with van der Waals surface area (Å²) in [5.74, 6) is 1.54. The number of carbonyl (C=O) groups excluding carboxylic acids is 1. The van der Waals surface area contributed by atoms with Gasteiger partial charge in [-0.3, -0.25) is 19.1 Å². The molecule has 1 unspecified atom stereocenters.